The van der Waals surface area contributed by atoms with E-state index in [-0.39, 0.29) is 29.1 Å². The van der Waals surface area contributed by atoms with Gasteiger partial charge in [-0.2, -0.15) is 4.31 Å². The van der Waals surface area contributed by atoms with E-state index in [2.05, 4.69) is 5.32 Å². The van der Waals surface area contributed by atoms with Crippen molar-refractivity contribution in [2.45, 2.75) is 10.9 Å². The SMILES string of the molecule is COc1ccc(S(=O)(=O)N(C)C2CNC2)cc1F.Cl. The van der Waals surface area contributed by atoms with Gasteiger partial charge < -0.3 is 10.1 Å². The summed E-state index contributed by atoms with van der Waals surface area (Å²) in [5.74, 6) is -0.652. The Morgan fingerprint density at radius 2 is 2.05 bits per heavy atom. The summed E-state index contributed by atoms with van der Waals surface area (Å²) in [4.78, 5) is -0.0600. The first-order chi connectivity index (χ1) is 8.46. The van der Waals surface area contributed by atoms with Crippen molar-refractivity contribution in [3.63, 3.8) is 0 Å². The topological polar surface area (TPSA) is 58.6 Å². The predicted molar refractivity (Wildman–Crippen MR) is 71.8 cm³/mol. The highest BCUT2D eigenvalue weighted by Gasteiger charge is 2.32. The molecule has 8 heteroatoms. The third-order valence-electron chi connectivity index (χ3n) is 3.07. The zero-order chi connectivity index (χ0) is 13.3. The monoisotopic (exact) mass is 310 g/mol. The standard InChI is InChI=1S/C11H15FN2O3S.ClH/c1-14(8-6-13-7-8)18(15,16)9-3-4-11(17-2)10(12)5-9;/h3-5,8,13H,6-7H2,1-2H3;1H. The molecule has 0 aliphatic carbocycles. The molecular formula is C11H16ClFN2O3S. The Bertz CT molecular complexity index is 549. The van der Waals surface area contributed by atoms with E-state index in [9.17, 15) is 12.8 Å². The Labute approximate surface area is 118 Å². The number of benzene rings is 1. The molecule has 0 bridgehead atoms. The fraction of sp³-hybridized carbons (Fsp3) is 0.455. The lowest BCUT2D eigenvalue weighted by Crippen LogP contribution is -2.57. The molecule has 108 valence electrons. The molecule has 0 atom stereocenters. The van der Waals surface area contributed by atoms with E-state index in [0.29, 0.717) is 13.1 Å². The van der Waals surface area contributed by atoms with Crippen LogP contribution in [0.3, 0.4) is 0 Å². The lowest BCUT2D eigenvalue weighted by atomic mass is 10.2. The molecule has 1 heterocycles. The summed E-state index contributed by atoms with van der Waals surface area (Å²) in [6.07, 6.45) is 0. The van der Waals surface area contributed by atoms with Crippen LogP contribution in [0.25, 0.3) is 0 Å². The second-order valence-corrected chi connectivity index (χ2v) is 6.13. The van der Waals surface area contributed by atoms with Crippen LogP contribution in [0.5, 0.6) is 5.75 Å². The Morgan fingerprint density at radius 1 is 1.42 bits per heavy atom. The number of nitrogens with one attached hydrogen (secondary N) is 1. The zero-order valence-corrected chi connectivity index (χ0v) is 12.2. The number of likely N-dealkylation sites (N-methyl/N-ethyl adjacent to an activating group) is 1. The first-order valence-corrected chi connectivity index (χ1v) is 6.93. The Balaban J connectivity index is 0.00000180. The van der Waals surface area contributed by atoms with E-state index in [1.54, 1.807) is 0 Å². The van der Waals surface area contributed by atoms with Crippen molar-refractivity contribution in [1.82, 2.24) is 9.62 Å². The molecule has 0 aromatic heterocycles. The molecule has 1 aromatic rings. The molecule has 19 heavy (non-hydrogen) atoms. The molecule has 1 saturated heterocycles. The summed E-state index contributed by atoms with van der Waals surface area (Å²) < 4.78 is 44.0. The van der Waals surface area contributed by atoms with E-state index in [1.807, 2.05) is 0 Å². The van der Waals surface area contributed by atoms with E-state index >= 15 is 0 Å². The third kappa shape index (κ3) is 3.00. The van der Waals surface area contributed by atoms with E-state index < -0.39 is 15.8 Å². The molecule has 1 fully saturated rings. The molecular weight excluding hydrogens is 295 g/mol. The lowest BCUT2D eigenvalue weighted by molar-refractivity contribution is 0.274. The molecule has 0 unspecified atom stereocenters. The van der Waals surface area contributed by atoms with Crippen LogP contribution in [0.15, 0.2) is 23.1 Å². The van der Waals surface area contributed by atoms with Crippen LogP contribution >= 0.6 is 12.4 Å². The molecule has 0 spiro atoms. The van der Waals surface area contributed by atoms with Crippen molar-refractivity contribution >= 4 is 22.4 Å². The Morgan fingerprint density at radius 3 is 2.47 bits per heavy atom. The quantitative estimate of drug-likeness (QED) is 0.896. The van der Waals surface area contributed by atoms with Gasteiger partial charge in [0.25, 0.3) is 0 Å². The first kappa shape index (κ1) is 16.2. The maximum Gasteiger partial charge on any atom is 0.243 e. The van der Waals surface area contributed by atoms with Crippen LogP contribution in [0.1, 0.15) is 0 Å². The summed E-state index contributed by atoms with van der Waals surface area (Å²) in [5, 5.41) is 3.00. The first-order valence-electron chi connectivity index (χ1n) is 5.49. The van der Waals surface area contributed by atoms with Gasteiger partial charge in [-0.3, -0.25) is 0 Å². The molecule has 1 N–H and O–H groups in total. The number of ether oxygens (including phenoxy) is 1. The van der Waals surface area contributed by atoms with Crippen LogP contribution in [0.4, 0.5) is 4.39 Å². The highest BCUT2D eigenvalue weighted by atomic mass is 35.5. The molecule has 2 rings (SSSR count). The van der Waals surface area contributed by atoms with E-state index in [1.165, 1.54) is 30.6 Å². The number of hydrogen-bond donors (Lipinski definition) is 1. The minimum absolute atomic E-state index is 0. The van der Waals surface area contributed by atoms with Crippen LogP contribution in [-0.2, 0) is 10.0 Å². The highest BCUT2D eigenvalue weighted by Crippen LogP contribution is 2.23. The second kappa shape index (κ2) is 6.04. The lowest BCUT2D eigenvalue weighted by Gasteiger charge is -2.34. The second-order valence-electron chi connectivity index (χ2n) is 4.13. The normalized spacial score (nSPS) is 15.8. The van der Waals surface area contributed by atoms with Crippen molar-refractivity contribution < 1.29 is 17.5 Å². The molecule has 1 aliphatic heterocycles. The number of nitrogens with zero attached hydrogens (tertiary/aromatic N) is 1. The van der Waals surface area contributed by atoms with Gasteiger partial charge in [0.2, 0.25) is 10.0 Å². The molecule has 0 radical (unpaired) electrons. The fourth-order valence-electron chi connectivity index (χ4n) is 1.70. The number of methoxy groups -OCH3 is 1. The van der Waals surface area contributed by atoms with Crippen molar-refractivity contribution in [1.29, 1.82) is 0 Å². The van der Waals surface area contributed by atoms with Crippen molar-refractivity contribution in [3.8, 4) is 5.75 Å². The largest absolute Gasteiger partial charge is 0.494 e. The third-order valence-corrected chi connectivity index (χ3v) is 4.98. The molecule has 0 saturated carbocycles. The maximum absolute atomic E-state index is 13.5. The minimum atomic E-state index is -3.65. The smallest absolute Gasteiger partial charge is 0.243 e. The van der Waals surface area contributed by atoms with Crippen molar-refractivity contribution in [3.05, 3.63) is 24.0 Å². The zero-order valence-electron chi connectivity index (χ0n) is 10.6. The minimum Gasteiger partial charge on any atom is -0.494 e. The molecule has 5 nitrogen and oxygen atoms in total. The maximum atomic E-state index is 13.5. The van der Waals surface area contributed by atoms with Crippen LogP contribution in [0.2, 0.25) is 0 Å². The van der Waals surface area contributed by atoms with Gasteiger partial charge in [0.05, 0.1) is 12.0 Å². The van der Waals surface area contributed by atoms with Gasteiger partial charge in [-0.15, -0.1) is 12.4 Å². The van der Waals surface area contributed by atoms with Crippen LogP contribution < -0.4 is 10.1 Å². The van der Waals surface area contributed by atoms with Crippen molar-refractivity contribution in [2.24, 2.45) is 0 Å². The number of halogens is 2. The highest BCUT2D eigenvalue weighted by molar-refractivity contribution is 7.89. The van der Waals surface area contributed by atoms with Gasteiger partial charge in [-0.05, 0) is 18.2 Å². The van der Waals surface area contributed by atoms with Crippen LogP contribution in [-0.4, -0.2) is 46.0 Å². The van der Waals surface area contributed by atoms with Gasteiger partial charge >= 0.3 is 0 Å². The van der Waals surface area contributed by atoms with Gasteiger partial charge in [0.1, 0.15) is 0 Å². The Kier molecular flexibility index (Phi) is 5.14. The summed E-state index contributed by atoms with van der Waals surface area (Å²) in [5.41, 5.74) is 0. The Hall–Kier alpha value is -0.890. The van der Waals surface area contributed by atoms with Gasteiger partial charge in [0.15, 0.2) is 11.6 Å². The van der Waals surface area contributed by atoms with Gasteiger partial charge in [0, 0.05) is 26.2 Å². The van der Waals surface area contributed by atoms with E-state index in [4.69, 9.17) is 4.74 Å². The summed E-state index contributed by atoms with van der Waals surface area (Å²) in [6.45, 7) is 1.24. The van der Waals surface area contributed by atoms with Crippen molar-refractivity contribution in [2.75, 3.05) is 27.2 Å². The molecule has 1 aliphatic rings. The fourth-order valence-corrected chi connectivity index (χ4v) is 3.07. The summed E-state index contributed by atoms with van der Waals surface area (Å²) in [7, 11) is -0.814. The summed E-state index contributed by atoms with van der Waals surface area (Å²) >= 11 is 0. The number of rotatable bonds is 4. The number of sulfonamides is 1. The predicted octanol–water partition coefficient (Wildman–Crippen LogP) is 0.848. The van der Waals surface area contributed by atoms with Gasteiger partial charge in [-0.1, -0.05) is 0 Å². The average molecular weight is 311 g/mol. The molecule has 1 aromatic carbocycles. The van der Waals surface area contributed by atoms with Gasteiger partial charge in [-0.25, -0.2) is 12.8 Å². The average Bonchev–Trinajstić information content (AvgIpc) is 2.26. The van der Waals surface area contributed by atoms with Crippen LogP contribution in [0, 0.1) is 5.82 Å². The summed E-state index contributed by atoms with van der Waals surface area (Å²) in [6, 6.07) is 3.58. The number of hydrogen-bond acceptors (Lipinski definition) is 4. The van der Waals surface area contributed by atoms with E-state index in [0.717, 1.165) is 6.07 Å². The molecule has 0 amide bonds.